The topological polar surface area (TPSA) is 97.3 Å². The molecule has 2 aromatic carbocycles. The zero-order valence-corrected chi connectivity index (χ0v) is 18.3. The number of carbonyl (C=O) groups excluding carboxylic acids is 1. The molecular weight excluding hydrogens is 471 g/mol. The number of primary amides is 1. The molecule has 2 aromatic heterocycles. The van der Waals surface area contributed by atoms with Crippen LogP contribution in [0.1, 0.15) is 22.3 Å². The summed E-state index contributed by atoms with van der Waals surface area (Å²) in [6.07, 6.45) is -3.97. The van der Waals surface area contributed by atoms with Gasteiger partial charge >= 0.3 is 6.18 Å². The molecule has 0 aliphatic rings. The quantitative estimate of drug-likeness (QED) is 0.310. The molecule has 1 amide bonds. The minimum absolute atomic E-state index is 0.0545. The van der Waals surface area contributed by atoms with Crippen LogP contribution < -0.4 is 16.4 Å². The molecule has 0 atom stereocenters. The summed E-state index contributed by atoms with van der Waals surface area (Å²) in [6, 6.07) is 9.08. The van der Waals surface area contributed by atoms with Crippen LogP contribution >= 0.6 is 0 Å². The van der Waals surface area contributed by atoms with Gasteiger partial charge in [-0.05, 0) is 36.8 Å². The number of aromatic nitrogens is 3. The number of amides is 1. The van der Waals surface area contributed by atoms with Crippen molar-refractivity contribution in [2.75, 3.05) is 17.2 Å². The Kier molecular flexibility index (Phi) is 6.29. The van der Waals surface area contributed by atoms with E-state index in [2.05, 4.69) is 20.7 Å². The second kappa shape index (κ2) is 9.20. The summed E-state index contributed by atoms with van der Waals surface area (Å²) >= 11 is 0. The van der Waals surface area contributed by atoms with Crippen molar-refractivity contribution in [3.05, 3.63) is 71.4 Å². The summed E-state index contributed by atoms with van der Waals surface area (Å²) in [7, 11) is 0. The number of anilines is 3. The van der Waals surface area contributed by atoms with Gasteiger partial charge in [0.1, 0.15) is 11.6 Å². The zero-order valence-electron chi connectivity index (χ0n) is 18.3. The molecule has 0 fully saturated rings. The van der Waals surface area contributed by atoms with Crippen LogP contribution in [0.25, 0.3) is 16.9 Å². The molecule has 0 saturated heterocycles. The minimum Gasteiger partial charge on any atom is -0.382 e. The number of nitrogens with two attached hydrogens (primary N) is 1. The lowest BCUT2D eigenvalue weighted by Gasteiger charge is -2.13. The Bertz CT molecular complexity index is 1400. The van der Waals surface area contributed by atoms with E-state index in [9.17, 15) is 26.7 Å². The summed E-state index contributed by atoms with van der Waals surface area (Å²) in [5, 5.41) is 9.88. The molecule has 0 radical (unpaired) electrons. The number of fused-ring (bicyclic) bond motifs is 1. The lowest BCUT2D eigenvalue weighted by atomic mass is 10.0. The van der Waals surface area contributed by atoms with Gasteiger partial charge in [0.15, 0.2) is 11.5 Å². The summed E-state index contributed by atoms with van der Waals surface area (Å²) in [4.78, 5) is 15.8. The van der Waals surface area contributed by atoms with Crippen LogP contribution in [0.5, 0.6) is 0 Å². The van der Waals surface area contributed by atoms with E-state index in [1.165, 1.54) is 16.8 Å². The number of carbonyl (C=O) groups is 1. The van der Waals surface area contributed by atoms with E-state index in [0.717, 1.165) is 12.1 Å². The minimum atomic E-state index is -4.36. The molecule has 0 saturated carbocycles. The van der Waals surface area contributed by atoms with Gasteiger partial charge in [-0.2, -0.15) is 13.2 Å². The number of hydrogen-bond acceptors (Lipinski definition) is 5. The molecule has 4 N–H and O–H groups in total. The normalized spacial score (nSPS) is 11.6. The molecule has 12 heteroatoms. The van der Waals surface area contributed by atoms with Crippen LogP contribution in [0.2, 0.25) is 0 Å². The van der Waals surface area contributed by atoms with Gasteiger partial charge < -0.3 is 16.4 Å². The number of alkyl halides is 3. The maximum absolute atomic E-state index is 13.6. The predicted molar refractivity (Wildman–Crippen MR) is 120 cm³/mol. The smallest absolute Gasteiger partial charge is 0.382 e. The second-order valence-electron chi connectivity index (χ2n) is 7.79. The van der Waals surface area contributed by atoms with Crippen molar-refractivity contribution in [3.63, 3.8) is 0 Å². The Hall–Kier alpha value is -4.22. The average Bonchev–Trinajstić information content (AvgIpc) is 3.16. The van der Waals surface area contributed by atoms with Crippen molar-refractivity contribution in [3.8, 4) is 11.3 Å². The first-order valence-electron chi connectivity index (χ1n) is 10.3. The van der Waals surface area contributed by atoms with Crippen molar-refractivity contribution >= 4 is 28.7 Å². The van der Waals surface area contributed by atoms with E-state index in [4.69, 9.17) is 5.73 Å². The second-order valence-corrected chi connectivity index (χ2v) is 7.79. The van der Waals surface area contributed by atoms with Crippen LogP contribution in [-0.4, -0.2) is 33.2 Å². The van der Waals surface area contributed by atoms with Crippen LogP contribution in [0, 0.1) is 18.6 Å². The van der Waals surface area contributed by atoms with E-state index in [-0.39, 0.29) is 22.8 Å². The molecule has 0 aliphatic carbocycles. The maximum Gasteiger partial charge on any atom is 0.390 e. The Labute approximate surface area is 195 Å². The van der Waals surface area contributed by atoms with Crippen LogP contribution in [0.15, 0.2) is 48.7 Å². The van der Waals surface area contributed by atoms with Crippen molar-refractivity contribution in [2.24, 2.45) is 5.73 Å². The first-order valence-corrected chi connectivity index (χ1v) is 10.3. The van der Waals surface area contributed by atoms with Crippen molar-refractivity contribution in [2.45, 2.75) is 19.5 Å². The third-order valence-electron chi connectivity index (χ3n) is 5.11. The van der Waals surface area contributed by atoms with E-state index < -0.39 is 36.7 Å². The molecule has 0 aliphatic heterocycles. The monoisotopic (exact) mass is 490 g/mol. The van der Waals surface area contributed by atoms with Crippen LogP contribution in [0.3, 0.4) is 0 Å². The fraction of sp³-hybridized carbons (Fsp3) is 0.174. The van der Waals surface area contributed by atoms with E-state index >= 15 is 0 Å². The van der Waals surface area contributed by atoms with Crippen molar-refractivity contribution in [1.82, 2.24) is 14.6 Å². The number of aryl methyl sites for hydroxylation is 1. The van der Waals surface area contributed by atoms with Crippen LogP contribution in [0.4, 0.5) is 39.1 Å². The molecule has 4 rings (SSSR count). The van der Waals surface area contributed by atoms with E-state index in [1.54, 1.807) is 25.1 Å². The van der Waals surface area contributed by atoms with Gasteiger partial charge in [-0.3, -0.25) is 4.79 Å². The van der Waals surface area contributed by atoms with Gasteiger partial charge in [-0.15, -0.1) is 5.10 Å². The van der Waals surface area contributed by atoms with Crippen molar-refractivity contribution in [1.29, 1.82) is 0 Å². The number of rotatable bonds is 7. The van der Waals surface area contributed by atoms with Gasteiger partial charge in [-0.25, -0.2) is 18.3 Å². The largest absolute Gasteiger partial charge is 0.390 e. The lowest BCUT2D eigenvalue weighted by molar-refractivity contribution is -0.131. The molecule has 0 spiro atoms. The lowest BCUT2D eigenvalue weighted by Crippen LogP contribution is -2.15. The summed E-state index contributed by atoms with van der Waals surface area (Å²) in [5.74, 6) is -2.12. The first-order chi connectivity index (χ1) is 16.5. The SMILES string of the molecule is Cc1cc(-c2cnc3c(NCCC(F)(F)F)cc(Nc4cc(F)cc(F)c4)nn23)ccc1C(N)=O. The van der Waals surface area contributed by atoms with Crippen molar-refractivity contribution < 1.29 is 26.7 Å². The standard InChI is InChI=1S/C23H19F5N6O/c1-12-6-13(2-3-17(12)21(29)35)19-11-31-22-18(30-5-4-23(26,27)28)10-20(33-34(19)22)32-16-8-14(24)7-15(25)9-16/h2-3,6-11,30H,4-5H2,1H3,(H2,29,35)(H,32,33). The van der Waals surface area contributed by atoms with Gasteiger partial charge in [0.2, 0.25) is 5.91 Å². The van der Waals surface area contributed by atoms with Gasteiger partial charge in [-0.1, -0.05) is 6.07 Å². The average molecular weight is 490 g/mol. The number of nitrogens with one attached hydrogen (secondary N) is 2. The van der Waals surface area contributed by atoms with E-state index in [0.29, 0.717) is 28.5 Å². The van der Waals surface area contributed by atoms with Gasteiger partial charge in [0, 0.05) is 35.5 Å². The Balaban J connectivity index is 1.79. The molecule has 2 heterocycles. The Morgan fingerprint density at radius 1 is 1.09 bits per heavy atom. The number of benzene rings is 2. The molecular formula is C23H19F5N6O. The summed E-state index contributed by atoms with van der Waals surface area (Å²) < 4.78 is 66.7. The summed E-state index contributed by atoms with van der Waals surface area (Å²) in [6.45, 7) is 1.28. The highest BCUT2D eigenvalue weighted by Crippen LogP contribution is 2.29. The molecule has 0 bridgehead atoms. The third kappa shape index (κ3) is 5.48. The van der Waals surface area contributed by atoms with Gasteiger partial charge in [0.05, 0.1) is 24.0 Å². The number of hydrogen-bond donors (Lipinski definition) is 3. The third-order valence-corrected chi connectivity index (χ3v) is 5.11. The maximum atomic E-state index is 13.6. The molecule has 35 heavy (non-hydrogen) atoms. The number of halogens is 5. The number of imidazole rings is 1. The zero-order chi connectivity index (χ0) is 25.3. The highest BCUT2D eigenvalue weighted by atomic mass is 19.4. The predicted octanol–water partition coefficient (Wildman–Crippen LogP) is 5.19. The fourth-order valence-corrected chi connectivity index (χ4v) is 3.57. The highest BCUT2D eigenvalue weighted by molar-refractivity contribution is 5.95. The van der Waals surface area contributed by atoms with E-state index in [1.807, 2.05) is 0 Å². The summed E-state index contributed by atoms with van der Waals surface area (Å²) in [5.41, 5.74) is 7.90. The van der Waals surface area contributed by atoms with Crippen LogP contribution in [-0.2, 0) is 0 Å². The highest BCUT2D eigenvalue weighted by Gasteiger charge is 2.26. The first kappa shape index (κ1) is 23.9. The Morgan fingerprint density at radius 3 is 2.43 bits per heavy atom. The molecule has 4 aromatic rings. The Morgan fingerprint density at radius 2 is 1.80 bits per heavy atom. The fourth-order valence-electron chi connectivity index (χ4n) is 3.57. The van der Waals surface area contributed by atoms with Gasteiger partial charge in [0.25, 0.3) is 0 Å². The molecule has 0 unspecified atom stereocenters. The molecule has 7 nitrogen and oxygen atoms in total. The number of nitrogens with zero attached hydrogens (tertiary/aromatic N) is 3. The molecule has 182 valence electrons.